The van der Waals surface area contributed by atoms with Crippen LogP contribution in [-0.4, -0.2) is 15.6 Å². The van der Waals surface area contributed by atoms with Gasteiger partial charge in [-0.2, -0.15) is 0 Å². The molecule has 0 bridgehead atoms. The van der Waals surface area contributed by atoms with Gasteiger partial charge in [-0.15, -0.1) is 4.52 Å². The van der Waals surface area contributed by atoms with Crippen LogP contribution in [0, 0.1) is 0 Å². The van der Waals surface area contributed by atoms with Gasteiger partial charge in [0.05, 0.1) is 0 Å². The molecule has 0 spiro atoms. The molecule has 7 heteroatoms. The fourth-order valence-electron chi connectivity index (χ4n) is 1.29. The molecule has 0 amide bonds. The topological polar surface area (TPSA) is 83.8 Å². The summed E-state index contributed by atoms with van der Waals surface area (Å²) >= 11 is 0. The number of aryl methyl sites for hydroxylation is 1. The van der Waals surface area contributed by atoms with Gasteiger partial charge in [-0.05, 0) is 23.0 Å². The summed E-state index contributed by atoms with van der Waals surface area (Å²) in [6, 6.07) is 9.27. The minimum absolute atomic E-state index is 0.142. The molecule has 0 saturated heterocycles. The number of hydrogen-bond donors (Lipinski definition) is 2. The molecular formula is C9H13O5P2+. The molecule has 88 valence electrons. The van der Waals surface area contributed by atoms with Crippen molar-refractivity contribution in [2.75, 3.05) is 0 Å². The molecule has 1 rings (SSSR count). The van der Waals surface area contributed by atoms with Gasteiger partial charge in [-0.25, -0.2) is 0 Å². The van der Waals surface area contributed by atoms with E-state index in [4.69, 9.17) is 9.79 Å². The van der Waals surface area contributed by atoms with Crippen molar-refractivity contribution in [1.29, 1.82) is 0 Å². The maximum absolute atomic E-state index is 11.0. The molecule has 0 aliphatic heterocycles. The highest BCUT2D eigenvalue weighted by Crippen LogP contribution is 2.45. The van der Waals surface area contributed by atoms with Gasteiger partial charge in [0.25, 0.3) is 0 Å². The van der Waals surface area contributed by atoms with Crippen LogP contribution in [0.5, 0.6) is 0 Å². The molecule has 0 saturated carbocycles. The van der Waals surface area contributed by atoms with Crippen molar-refractivity contribution in [3.8, 4) is 0 Å². The summed E-state index contributed by atoms with van der Waals surface area (Å²) in [5.41, 5.74) is 0.957. The highest BCUT2D eigenvalue weighted by molar-refractivity contribution is 7.52. The highest BCUT2D eigenvalue weighted by atomic mass is 31.2. The van der Waals surface area contributed by atoms with Crippen molar-refractivity contribution in [3.63, 3.8) is 0 Å². The molecule has 2 unspecified atom stereocenters. The number of hydrogen-bond acceptors (Lipinski definition) is 3. The SMILES string of the molecule is O=[PH+]OC(CCc1ccccc1)P(=O)(O)O. The maximum Gasteiger partial charge on any atom is 0.495 e. The van der Waals surface area contributed by atoms with Crippen LogP contribution in [0.15, 0.2) is 30.3 Å². The first-order valence-electron chi connectivity index (χ1n) is 4.66. The molecule has 2 N–H and O–H groups in total. The fraction of sp³-hybridized carbons (Fsp3) is 0.333. The Labute approximate surface area is 94.9 Å². The molecule has 2 atom stereocenters. The predicted molar refractivity (Wildman–Crippen MR) is 60.7 cm³/mol. The summed E-state index contributed by atoms with van der Waals surface area (Å²) in [4.78, 5) is 17.9. The summed E-state index contributed by atoms with van der Waals surface area (Å²) in [6.45, 7) is 0. The third-order valence-electron chi connectivity index (χ3n) is 2.08. The number of rotatable bonds is 6. The van der Waals surface area contributed by atoms with Gasteiger partial charge in [0.1, 0.15) is 0 Å². The molecule has 0 heterocycles. The minimum Gasteiger partial charge on any atom is -0.322 e. The molecule has 1 aromatic rings. The Morgan fingerprint density at radius 1 is 1.31 bits per heavy atom. The summed E-state index contributed by atoms with van der Waals surface area (Å²) in [5.74, 6) is -1.29. The Balaban J connectivity index is 2.57. The van der Waals surface area contributed by atoms with Crippen LogP contribution in [0.2, 0.25) is 0 Å². The Morgan fingerprint density at radius 3 is 2.44 bits per heavy atom. The van der Waals surface area contributed by atoms with Crippen molar-refractivity contribution < 1.29 is 23.4 Å². The molecule has 16 heavy (non-hydrogen) atoms. The quantitative estimate of drug-likeness (QED) is 0.767. The zero-order chi connectivity index (χ0) is 12.0. The maximum atomic E-state index is 11.0. The van der Waals surface area contributed by atoms with Gasteiger partial charge in [-0.1, -0.05) is 30.3 Å². The smallest absolute Gasteiger partial charge is 0.322 e. The van der Waals surface area contributed by atoms with Crippen LogP contribution in [-0.2, 0) is 20.1 Å². The van der Waals surface area contributed by atoms with E-state index in [2.05, 4.69) is 4.52 Å². The van der Waals surface area contributed by atoms with E-state index in [1.165, 1.54) is 0 Å². The lowest BCUT2D eigenvalue weighted by Crippen LogP contribution is -2.09. The highest BCUT2D eigenvalue weighted by Gasteiger charge is 2.33. The van der Waals surface area contributed by atoms with Crippen molar-refractivity contribution in [3.05, 3.63) is 35.9 Å². The predicted octanol–water partition coefficient (Wildman–Crippen LogP) is 2.08. The van der Waals surface area contributed by atoms with Gasteiger partial charge in [0.15, 0.2) is 0 Å². The summed E-state index contributed by atoms with van der Waals surface area (Å²) in [6.07, 6.45) is 0.616. The van der Waals surface area contributed by atoms with Crippen molar-refractivity contribution in [2.45, 2.75) is 18.7 Å². The van der Waals surface area contributed by atoms with Gasteiger partial charge in [0, 0.05) is 0 Å². The first kappa shape index (κ1) is 13.5. The van der Waals surface area contributed by atoms with Crippen LogP contribution in [0.3, 0.4) is 0 Å². The zero-order valence-corrected chi connectivity index (χ0v) is 10.3. The first-order valence-corrected chi connectivity index (χ1v) is 7.16. The Morgan fingerprint density at radius 2 is 1.94 bits per heavy atom. The second kappa shape index (κ2) is 6.24. The molecule has 0 aromatic heterocycles. The molecule has 0 aliphatic rings. The molecule has 0 radical (unpaired) electrons. The third kappa shape index (κ3) is 4.52. The second-order valence-electron chi connectivity index (χ2n) is 3.27. The van der Waals surface area contributed by atoms with Crippen LogP contribution in [0.25, 0.3) is 0 Å². The average Bonchev–Trinajstić information content (AvgIpc) is 2.24. The van der Waals surface area contributed by atoms with Gasteiger partial charge in [0.2, 0.25) is 5.85 Å². The van der Waals surface area contributed by atoms with Crippen LogP contribution in [0.1, 0.15) is 12.0 Å². The Bertz CT molecular complexity index is 375. The average molecular weight is 263 g/mol. The molecular weight excluding hydrogens is 250 g/mol. The minimum atomic E-state index is -4.34. The van der Waals surface area contributed by atoms with E-state index in [0.717, 1.165) is 5.56 Å². The van der Waals surface area contributed by atoms with E-state index in [1.807, 2.05) is 30.3 Å². The second-order valence-corrected chi connectivity index (χ2v) is 5.43. The molecule has 0 aliphatic carbocycles. The molecule has 1 aromatic carbocycles. The van der Waals surface area contributed by atoms with E-state index in [-0.39, 0.29) is 6.42 Å². The zero-order valence-electron chi connectivity index (χ0n) is 8.44. The van der Waals surface area contributed by atoms with Gasteiger partial charge < -0.3 is 9.79 Å². The Hall–Kier alpha value is -0.570. The largest absolute Gasteiger partial charge is 0.495 e. The lowest BCUT2D eigenvalue weighted by Gasteiger charge is -2.11. The van der Waals surface area contributed by atoms with Crippen molar-refractivity contribution >= 4 is 16.3 Å². The third-order valence-corrected chi connectivity index (χ3v) is 3.78. The van der Waals surface area contributed by atoms with E-state index >= 15 is 0 Å². The number of benzene rings is 1. The lowest BCUT2D eigenvalue weighted by atomic mass is 10.1. The van der Waals surface area contributed by atoms with Crippen molar-refractivity contribution in [2.24, 2.45) is 0 Å². The lowest BCUT2D eigenvalue weighted by molar-refractivity contribution is 0.231. The van der Waals surface area contributed by atoms with Crippen LogP contribution < -0.4 is 0 Å². The van der Waals surface area contributed by atoms with E-state index in [0.29, 0.717) is 6.42 Å². The summed E-state index contributed by atoms with van der Waals surface area (Å²) in [5, 5.41) is 0. The van der Waals surface area contributed by atoms with Gasteiger partial charge >= 0.3 is 16.3 Å². The fourth-order valence-corrected chi connectivity index (χ4v) is 2.66. The molecule has 0 fully saturated rings. The van der Waals surface area contributed by atoms with Crippen LogP contribution >= 0.6 is 16.3 Å². The van der Waals surface area contributed by atoms with E-state index in [1.54, 1.807) is 0 Å². The van der Waals surface area contributed by atoms with Crippen molar-refractivity contribution in [1.82, 2.24) is 0 Å². The van der Waals surface area contributed by atoms with E-state index in [9.17, 15) is 9.13 Å². The summed E-state index contributed by atoms with van der Waals surface area (Å²) in [7, 11) is -5.51. The van der Waals surface area contributed by atoms with Gasteiger partial charge in [-0.3, -0.25) is 4.57 Å². The van der Waals surface area contributed by atoms with Crippen LogP contribution in [0.4, 0.5) is 0 Å². The molecule has 5 nitrogen and oxygen atoms in total. The normalized spacial score (nSPS) is 13.9. The summed E-state index contributed by atoms with van der Waals surface area (Å²) < 4.78 is 25.8. The first-order chi connectivity index (χ1) is 7.54. The Kier molecular flexibility index (Phi) is 5.26. The standard InChI is InChI=1S/C9H12O5P2/c10-15-14-9(16(11,12)13)7-6-8-4-2-1-3-5-8/h1-5,9,15H,6-7H2,(H-,11,12,13)/p+1. The monoisotopic (exact) mass is 263 g/mol. The van der Waals surface area contributed by atoms with E-state index < -0.39 is 22.1 Å².